The van der Waals surface area contributed by atoms with E-state index >= 15 is 0 Å². The van der Waals surface area contributed by atoms with Gasteiger partial charge in [0.2, 0.25) is 0 Å². The number of aromatic nitrogens is 2. The molecule has 130 valence electrons. The number of aryl methyl sites for hydroxylation is 2. The minimum Gasteiger partial charge on any atom is -0.484 e. The molecule has 0 bridgehead atoms. The fourth-order valence-electron chi connectivity index (χ4n) is 2.76. The van der Waals surface area contributed by atoms with Crippen molar-refractivity contribution in [1.29, 1.82) is 0 Å². The van der Waals surface area contributed by atoms with Gasteiger partial charge in [-0.2, -0.15) is 0 Å². The summed E-state index contributed by atoms with van der Waals surface area (Å²) < 4.78 is 7.66. The number of para-hydroxylation sites is 2. The second kappa shape index (κ2) is 7.57. The van der Waals surface area contributed by atoms with E-state index < -0.39 is 0 Å². The maximum atomic E-state index is 12.1. The topological polar surface area (TPSA) is 56.2 Å². The number of nitrogens with one attached hydrogen (secondary N) is 1. The number of carbonyl (C=O) groups is 1. The van der Waals surface area contributed by atoms with Crippen LogP contribution in [-0.4, -0.2) is 22.1 Å². The van der Waals surface area contributed by atoms with E-state index in [0.29, 0.717) is 17.3 Å². The SMILES string of the molecule is CCn1c(CNC(=O)COc2ccc(Cl)cc2C)nc2ccccc21. The van der Waals surface area contributed by atoms with Gasteiger partial charge < -0.3 is 14.6 Å². The Labute approximate surface area is 151 Å². The van der Waals surface area contributed by atoms with Crippen molar-refractivity contribution in [3.63, 3.8) is 0 Å². The quantitative estimate of drug-likeness (QED) is 0.731. The van der Waals surface area contributed by atoms with E-state index in [1.807, 2.05) is 31.2 Å². The molecule has 1 heterocycles. The number of hydrogen-bond acceptors (Lipinski definition) is 3. The van der Waals surface area contributed by atoms with E-state index in [9.17, 15) is 4.79 Å². The van der Waals surface area contributed by atoms with Crippen molar-refractivity contribution >= 4 is 28.5 Å². The molecule has 2 aromatic carbocycles. The van der Waals surface area contributed by atoms with Gasteiger partial charge in [-0.15, -0.1) is 0 Å². The summed E-state index contributed by atoms with van der Waals surface area (Å²) in [6, 6.07) is 13.3. The van der Waals surface area contributed by atoms with E-state index in [2.05, 4.69) is 21.8 Å². The summed E-state index contributed by atoms with van der Waals surface area (Å²) in [5.74, 6) is 1.30. The van der Waals surface area contributed by atoms with Crippen LogP contribution in [0.15, 0.2) is 42.5 Å². The van der Waals surface area contributed by atoms with Crippen molar-refractivity contribution in [2.45, 2.75) is 26.9 Å². The predicted octanol–water partition coefficient (Wildman–Crippen LogP) is 3.71. The Kier molecular flexibility index (Phi) is 5.24. The van der Waals surface area contributed by atoms with Crippen LogP contribution in [0.1, 0.15) is 18.3 Å². The molecule has 0 fully saturated rings. The number of hydrogen-bond donors (Lipinski definition) is 1. The van der Waals surface area contributed by atoms with Crippen LogP contribution in [-0.2, 0) is 17.9 Å². The van der Waals surface area contributed by atoms with Gasteiger partial charge in [-0.3, -0.25) is 4.79 Å². The maximum absolute atomic E-state index is 12.1. The van der Waals surface area contributed by atoms with Gasteiger partial charge in [0, 0.05) is 11.6 Å². The first-order valence-electron chi connectivity index (χ1n) is 8.18. The number of ether oxygens (including phenoxy) is 1. The lowest BCUT2D eigenvalue weighted by molar-refractivity contribution is -0.123. The molecule has 3 aromatic rings. The highest BCUT2D eigenvalue weighted by Crippen LogP contribution is 2.21. The average molecular weight is 358 g/mol. The van der Waals surface area contributed by atoms with Crippen molar-refractivity contribution in [2.75, 3.05) is 6.61 Å². The zero-order valence-electron chi connectivity index (χ0n) is 14.3. The number of amides is 1. The fourth-order valence-corrected chi connectivity index (χ4v) is 2.99. The maximum Gasteiger partial charge on any atom is 0.258 e. The first kappa shape index (κ1) is 17.3. The average Bonchev–Trinajstić information content (AvgIpc) is 2.96. The van der Waals surface area contributed by atoms with Crippen molar-refractivity contribution in [1.82, 2.24) is 14.9 Å². The van der Waals surface area contributed by atoms with Gasteiger partial charge in [-0.05, 0) is 49.7 Å². The molecule has 1 amide bonds. The van der Waals surface area contributed by atoms with Gasteiger partial charge >= 0.3 is 0 Å². The van der Waals surface area contributed by atoms with Gasteiger partial charge in [0.1, 0.15) is 11.6 Å². The third-order valence-electron chi connectivity index (χ3n) is 3.99. The molecule has 5 nitrogen and oxygen atoms in total. The van der Waals surface area contributed by atoms with Gasteiger partial charge in [0.25, 0.3) is 5.91 Å². The highest BCUT2D eigenvalue weighted by atomic mass is 35.5. The third-order valence-corrected chi connectivity index (χ3v) is 4.22. The molecule has 0 saturated heterocycles. The summed E-state index contributed by atoms with van der Waals surface area (Å²) in [6.07, 6.45) is 0. The first-order chi connectivity index (χ1) is 12.1. The van der Waals surface area contributed by atoms with E-state index in [0.717, 1.165) is 29.0 Å². The molecular formula is C19H20ClN3O2. The molecular weight excluding hydrogens is 338 g/mol. The molecule has 0 unspecified atom stereocenters. The van der Waals surface area contributed by atoms with Crippen molar-refractivity contribution in [3.05, 3.63) is 58.9 Å². The van der Waals surface area contributed by atoms with Crippen LogP contribution in [0, 0.1) is 6.92 Å². The highest BCUT2D eigenvalue weighted by Gasteiger charge is 2.11. The van der Waals surface area contributed by atoms with Crippen LogP contribution in [0.25, 0.3) is 11.0 Å². The zero-order chi connectivity index (χ0) is 17.8. The number of halogens is 1. The predicted molar refractivity (Wildman–Crippen MR) is 98.9 cm³/mol. The number of rotatable bonds is 6. The normalized spacial score (nSPS) is 10.8. The molecule has 0 saturated carbocycles. The highest BCUT2D eigenvalue weighted by molar-refractivity contribution is 6.30. The van der Waals surface area contributed by atoms with E-state index in [4.69, 9.17) is 16.3 Å². The summed E-state index contributed by atoms with van der Waals surface area (Å²) >= 11 is 5.92. The van der Waals surface area contributed by atoms with E-state index in [-0.39, 0.29) is 12.5 Å². The monoisotopic (exact) mass is 357 g/mol. The Morgan fingerprint density at radius 3 is 2.84 bits per heavy atom. The Bertz CT molecular complexity index is 905. The summed E-state index contributed by atoms with van der Waals surface area (Å²) in [5, 5.41) is 3.51. The summed E-state index contributed by atoms with van der Waals surface area (Å²) in [5.41, 5.74) is 2.90. The van der Waals surface area contributed by atoms with Gasteiger partial charge in [0.05, 0.1) is 17.6 Å². The Morgan fingerprint density at radius 1 is 1.28 bits per heavy atom. The lowest BCUT2D eigenvalue weighted by atomic mass is 10.2. The summed E-state index contributed by atoms with van der Waals surface area (Å²) in [6.45, 7) is 5.07. The molecule has 25 heavy (non-hydrogen) atoms. The van der Waals surface area contributed by atoms with Crippen LogP contribution in [0.5, 0.6) is 5.75 Å². The smallest absolute Gasteiger partial charge is 0.258 e. The number of benzene rings is 2. The molecule has 0 aliphatic carbocycles. The third kappa shape index (κ3) is 3.94. The van der Waals surface area contributed by atoms with Crippen LogP contribution < -0.4 is 10.1 Å². The zero-order valence-corrected chi connectivity index (χ0v) is 15.0. The van der Waals surface area contributed by atoms with Crippen LogP contribution in [0.4, 0.5) is 0 Å². The van der Waals surface area contributed by atoms with Gasteiger partial charge in [0.15, 0.2) is 6.61 Å². The summed E-state index contributed by atoms with van der Waals surface area (Å²) in [4.78, 5) is 16.7. The largest absolute Gasteiger partial charge is 0.484 e. The van der Waals surface area contributed by atoms with Crippen molar-refractivity contribution in [2.24, 2.45) is 0 Å². The molecule has 1 aromatic heterocycles. The molecule has 3 rings (SSSR count). The standard InChI is InChI=1S/C19H20ClN3O2/c1-3-23-16-7-5-4-6-15(16)22-18(23)11-21-19(24)12-25-17-9-8-14(20)10-13(17)2/h4-10H,3,11-12H2,1-2H3,(H,21,24). The second-order valence-electron chi connectivity index (χ2n) is 5.74. The van der Waals surface area contributed by atoms with E-state index in [1.165, 1.54) is 0 Å². The molecule has 0 aliphatic rings. The summed E-state index contributed by atoms with van der Waals surface area (Å²) in [7, 11) is 0. The lowest BCUT2D eigenvalue weighted by Gasteiger charge is -2.10. The number of fused-ring (bicyclic) bond motifs is 1. The number of imidazole rings is 1. The Morgan fingerprint density at radius 2 is 2.08 bits per heavy atom. The molecule has 0 spiro atoms. The second-order valence-corrected chi connectivity index (χ2v) is 6.17. The van der Waals surface area contributed by atoms with Crippen LogP contribution in [0.3, 0.4) is 0 Å². The number of nitrogens with zero attached hydrogens (tertiary/aromatic N) is 2. The van der Waals surface area contributed by atoms with Crippen molar-refractivity contribution < 1.29 is 9.53 Å². The Balaban J connectivity index is 1.61. The van der Waals surface area contributed by atoms with Crippen LogP contribution in [0.2, 0.25) is 5.02 Å². The van der Waals surface area contributed by atoms with Crippen molar-refractivity contribution in [3.8, 4) is 5.75 Å². The van der Waals surface area contributed by atoms with Gasteiger partial charge in [-0.25, -0.2) is 4.98 Å². The first-order valence-corrected chi connectivity index (χ1v) is 8.56. The fraction of sp³-hybridized carbons (Fsp3) is 0.263. The van der Waals surface area contributed by atoms with Gasteiger partial charge in [-0.1, -0.05) is 23.7 Å². The Hall–Kier alpha value is -2.53. The van der Waals surface area contributed by atoms with E-state index in [1.54, 1.807) is 18.2 Å². The molecule has 0 atom stereocenters. The lowest BCUT2D eigenvalue weighted by Crippen LogP contribution is -2.29. The number of carbonyl (C=O) groups excluding carboxylic acids is 1. The minimum absolute atomic E-state index is 0.0468. The molecule has 1 N–H and O–H groups in total. The molecule has 6 heteroatoms. The minimum atomic E-state index is -0.191. The molecule has 0 aliphatic heterocycles. The van der Waals surface area contributed by atoms with Crippen LogP contribution >= 0.6 is 11.6 Å². The molecule has 0 radical (unpaired) electrons.